The van der Waals surface area contributed by atoms with Gasteiger partial charge >= 0.3 is 0 Å². The number of allylic oxidation sites excluding steroid dienone is 1. The Bertz CT molecular complexity index is 547. The van der Waals surface area contributed by atoms with Gasteiger partial charge in [0.2, 0.25) is 0 Å². The smallest absolute Gasteiger partial charge is 0.0238 e. The predicted molar refractivity (Wildman–Crippen MR) is 89.0 cm³/mol. The second-order valence-corrected chi connectivity index (χ2v) is 5.42. The van der Waals surface area contributed by atoms with Gasteiger partial charge in [0.05, 0.1) is 0 Å². The van der Waals surface area contributed by atoms with Crippen LogP contribution in [0.25, 0.3) is 6.08 Å². The number of hydrogen-bond donors (Lipinski definition) is 0. The van der Waals surface area contributed by atoms with E-state index in [2.05, 4.69) is 74.5 Å². The Morgan fingerprint density at radius 2 is 1.65 bits per heavy atom. The van der Waals surface area contributed by atoms with Crippen LogP contribution in [0.5, 0.6) is 0 Å². The fourth-order valence-corrected chi connectivity index (χ4v) is 2.28. The normalized spacial score (nSPS) is 11.1. The van der Waals surface area contributed by atoms with E-state index in [0.717, 1.165) is 19.3 Å². The molecule has 2 aromatic rings. The molecule has 0 nitrogen and oxygen atoms in total. The van der Waals surface area contributed by atoms with E-state index in [-0.39, 0.29) is 0 Å². The summed E-state index contributed by atoms with van der Waals surface area (Å²) in [6, 6.07) is 17.7. The monoisotopic (exact) mass is 264 g/mol. The van der Waals surface area contributed by atoms with E-state index in [1.807, 2.05) is 0 Å². The molecule has 0 aromatic heterocycles. The van der Waals surface area contributed by atoms with Crippen LogP contribution in [0.4, 0.5) is 0 Å². The van der Waals surface area contributed by atoms with Gasteiger partial charge in [-0.05, 0) is 42.9 Å². The van der Waals surface area contributed by atoms with E-state index in [9.17, 15) is 0 Å². The van der Waals surface area contributed by atoms with E-state index in [1.54, 1.807) is 0 Å². The van der Waals surface area contributed by atoms with Crippen molar-refractivity contribution in [2.24, 2.45) is 0 Å². The Kier molecular flexibility index (Phi) is 5.61. The number of rotatable bonds is 6. The van der Waals surface area contributed by atoms with Gasteiger partial charge in [-0.3, -0.25) is 0 Å². The van der Waals surface area contributed by atoms with Gasteiger partial charge in [-0.1, -0.05) is 79.6 Å². The summed E-state index contributed by atoms with van der Waals surface area (Å²) in [5, 5.41) is 0. The zero-order chi connectivity index (χ0) is 14.2. The average molecular weight is 264 g/mol. The standard InChI is InChI=1S/C20H24/c1-3-4-5-7-19-8-6-9-20(16-19)15-14-18-12-10-17(2)11-13-18/h5-13,16H,3-4,14-15H2,1-2H3/b7-5+. The summed E-state index contributed by atoms with van der Waals surface area (Å²) in [4.78, 5) is 0. The summed E-state index contributed by atoms with van der Waals surface area (Å²) in [7, 11) is 0. The van der Waals surface area contributed by atoms with Crippen molar-refractivity contribution in [1.29, 1.82) is 0 Å². The highest BCUT2D eigenvalue weighted by Gasteiger charge is 1.97. The van der Waals surface area contributed by atoms with Crippen LogP contribution >= 0.6 is 0 Å². The first-order chi connectivity index (χ1) is 9.78. The van der Waals surface area contributed by atoms with Gasteiger partial charge in [0.1, 0.15) is 0 Å². The molecule has 2 aromatic carbocycles. The summed E-state index contributed by atoms with van der Waals surface area (Å²) in [5.74, 6) is 0. The van der Waals surface area contributed by atoms with Crippen LogP contribution in [-0.2, 0) is 12.8 Å². The highest BCUT2D eigenvalue weighted by atomic mass is 14.0. The minimum absolute atomic E-state index is 1.11. The van der Waals surface area contributed by atoms with Crippen molar-refractivity contribution >= 4 is 6.08 Å². The number of benzene rings is 2. The van der Waals surface area contributed by atoms with Crippen molar-refractivity contribution in [3.63, 3.8) is 0 Å². The molecule has 0 radical (unpaired) electrons. The van der Waals surface area contributed by atoms with Gasteiger partial charge < -0.3 is 0 Å². The van der Waals surface area contributed by atoms with Crippen molar-refractivity contribution in [2.45, 2.75) is 39.5 Å². The molecule has 0 N–H and O–H groups in total. The van der Waals surface area contributed by atoms with Gasteiger partial charge in [0.25, 0.3) is 0 Å². The first-order valence-electron chi connectivity index (χ1n) is 7.59. The Balaban J connectivity index is 1.95. The molecule has 0 heteroatoms. The Labute approximate surface area is 123 Å². The molecule has 0 saturated carbocycles. The first kappa shape index (κ1) is 14.6. The minimum atomic E-state index is 1.11. The largest absolute Gasteiger partial charge is 0.0840 e. The van der Waals surface area contributed by atoms with Gasteiger partial charge in [-0.25, -0.2) is 0 Å². The second-order valence-electron chi connectivity index (χ2n) is 5.42. The lowest BCUT2D eigenvalue weighted by Crippen LogP contribution is -1.91. The van der Waals surface area contributed by atoms with Crippen LogP contribution in [0.2, 0.25) is 0 Å². The van der Waals surface area contributed by atoms with Crippen LogP contribution in [0.15, 0.2) is 54.6 Å². The summed E-state index contributed by atoms with van der Waals surface area (Å²) in [6.45, 7) is 4.35. The molecule has 0 atom stereocenters. The molecule has 0 saturated heterocycles. The van der Waals surface area contributed by atoms with Crippen molar-refractivity contribution in [3.8, 4) is 0 Å². The van der Waals surface area contributed by atoms with E-state index in [1.165, 1.54) is 28.7 Å². The van der Waals surface area contributed by atoms with Crippen LogP contribution in [-0.4, -0.2) is 0 Å². The highest BCUT2D eigenvalue weighted by Crippen LogP contribution is 2.12. The zero-order valence-electron chi connectivity index (χ0n) is 12.6. The van der Waals surface area contributed by atoms with E-state index < -0.39 is 0 Å². The lowest BCUT2D eigenvalue weighted by Gasteiger charge is -2.04. The maximum Gasteiger partial charge on any atom is -0.0238 e. The van der Waals surface area contributed by atoms with Crippen LogP contribution < -0.4 is 0 Å². The minimum Gasteiger partial charge on any atom is -0.0840 e. The molecule has 2 rings (SSSR count). The number of unbranched alkanes of at least 4 members (excludes halogenated alkanes) is 1. The van der Waals surface area contributed by atoms with Crippen LogP contribution in [0, 0.1) is 6.92 Å². The summed E-state index contributed by atoms with van der Waals surface area (Å²) >= 11 is 0. The molecule has 0 aliphatic rings. The molecule has 0 amide bonds. The lowest BCUT2D eigenvalue weighted by molar-refractivity contribution is 0.957. The van der Waals surface area contributed by atoms with E-state index in [0.29, 0.717) is 0 Å². The van der Waals surface area contributed by atoms with Crippen molar-refractivity contribution in [1.82, 2.24) is 0 Å². The van der Waals surface area contributed by atoms with E-state index >= 15 is 0 Å². The van der Waals surface area contributed by atoms with Crippen molar-refractivity contribution in [3.05, 3.63) is 76.9 Å². The SMILES string of the molecule is CCC/C=C/c1cccc(CCc2ccc(C)cc2)c1. The topological polar surface area (TPSA) is 0 Å². The second kappa shape index (κ2) is 7.69. The number of hydrogen-bond acceptors (Lipinski definition) is 0. The van der Waals surface area contributed by atoms with Gasteiger partial charge in [-0.2, -0.15) is 0 Å². The third-order valence-corrected chi connectivity index (χ3v) is 3.54. The summed E-state index contributed by atoms with van der Waals surface area (Å²) in [6.07, 6.45) is 9.09. The molecular formula is C20H24. The quantitative estimate of drug-likeness (QED) is 0.637. The first-order valence-corrected chi connectivity index (χ1v) is 7.59. The summed E-state index contributed by atoms with van der Waals surface area (Å²) in [5.41, 5.74) is 5.49. The Hall–Kier alpha value is -1.82. The molecule has 0 heterocycles. The average Bonchev–Trinajstić information content (AvgIpc) is 2.47. The highest BCUT2D eigenvalue weighted by molar-refractivity contribution is 5.50. The van der Waals surface area contributed by atoms with Gasteiger partial charge in [0.15, 0.2) is 0 Å². The van der Waals surface area contributed by atoms with Crippen molar-refractivity contribution < 1.29 is 0 Å². The van der Waals surface area contributed by atoms with Gasteiger partial charge in [0, 0.05) is 0 Å². The fraction of sp³-hybridized carbons (Fsp3) is 0.300. The third-order valence-electron chi connectivity index (χ3n) is 3.54. The Morgan fingerprint density at radius 3 is 2.40 bits per heavy atom. The van der Waals surface area contributed by atoms with Crippen LogP contribution in [0.1, 0.15) is 42.0 Å². The molecule has 20 heavy (non-hydrogen) atoms. The molecule has 0 unspecified atom stereocenters. The number of aryl methyl sites for hydroxylation is 3. The predicted octanol–water partition coefficient (Wildman–Crippen LogP) is 5.59. The zero-order valence-corrected chi connectivity index (χ0v) is 12.6. The maximum atomic E-state index is 2.31. The molecule has 0 aliphatic carbocycles. The molecule has 104 valence electrons. The molecular weight excluding hydrogens is 240 g/mol. The molecule has 0 aliphatic heterocycles. The van der Waals surface area contributed by atoms with Crippen LogP contribution in [0.3, 0.4) is 0 Å². The van der Waals surface area contributed by atoms with E-state index in [4.69, 9.17) is 0 Å². The maximum absolute atomic E-state index is 2.31. The fourth-order valence-electron chi connectivity index (χ4n) is 2.28. The molecule has 0 spiro atoms. The van der Waals surface area contributed by atoms with Gasteiger partial charge in [-0.15, -0.1) is 0 Å². The lowest BCUT2D eigenvalue weighted by atomic mass is 10.0. The summed E-state index contributed by atoms with van der Waals surface area (Å²) < 4.78 is 0. The molecule has 0 fully saturated rings. The van der Waals surface area contributed by atoms with Crippen molar-refractivity contribution in [2.75, 3.05) is 0 Å². The molecule has 0 bridgehead atoms. The third kappa shape index (κ3) is 4.70. The Morgan fingerprint density at radius 1 is 0.900 bits per heavy atom.